The maximum atomic E-state index is 14.2. The highest BCUT2D eigenvalue weighted by atomic mass is 19.1. The van der Waals surface area contributed by atoms with E-state index in [9.17, 15) is 18.8 Å². The highest BCUT2D eigenvalue weighted by molar-refractivity contribution is 6.10. The van der Waals surface area contributed by atoms with Crippen molar-refractivity contribution in [3.63, 3.8) is 0 Å². The summed E-state index contributed by atoms with van der Waals surface area (Å²) in [6.07, 6.45) is 2.86. The summed E-state index contributed by atoms with van der Waals surface area (Å²) in [5, 5.41) is 0. The lowest BCUT2D eigenvalue weighted by atomic mass is 9.98. The van der Waals surface area contributed by atoms with Gasteiger partial charge < -0.3 is 9.80 Å². The predicted molar refractivity (Wildman–Crippen MR) is 117 cm³/mol. The van der Waals surface area contributed by atoms with Crippen LogP contribution in [0.15, 0.2) is 48.5 Å². The van der Waals surface area contributed by atoms with Crippen LogP contribution in [0.5, 0.6) is 0 Å². The minimum atomic E-state index is -0.779. The molecule has 2 fully saturated rings. The number of carbonyl (C=O) groups excluding carboxylic acids is 3. The first-order valence-corrected chi connectivity index (χ1v) is 11.2. The van der Waals surface area contributed by atoms with Crippen LogP contribution in [0, 0.1) is 5.82 Å². The van der Waals surface area contributed by atoms with Gasteiger partial charge in [-0.05, 0) is 44.4 Å². The number of amides is 3. The number of fused-ring (bicyclic) bond motifs is 3. The van der Waals surface area contributed by atoms with Crippen LogP contribution in [0.1, 0.15) is 54.9 Å². The summed E-state index contributed by atoms with van der Waals surface area (Å²) in [5.74, 6) is -0.583. The molecule has 7 heteroatoms. The van der Waals surface area contributed by atoms with Gasteiger partial charge in [-0.3, -0.25) is 19.3 Å². The summed E-state index contributed by atoms with van der Waals surface area (Å²) >= 11 is 0. The van der Waals surface area contributed by atoms with Gasteiger partial charge in [0.1, 0.15) is 11.5 Å². The number of hydrogen-bond acceptors (Lipinski definition) is 3. The average Bonchev–Trinajstić information content (AvgIpc) is 3.57. The molecule has 166 valence electrons. The number of anilines is 1. The first kappa shape index (κ1) is 20.7. The SMILES string of the molecule is C[C@@]12CCC(=O)N1c1ccccc1C(=O)N2CCC(=O)N(Cc1ccccc1F)C1CC1. The molecule has 0 bridgehead atoms. The third-order valence-corrected chi connectivity index (χ3v) is 6.90. The number of halogens is 1. The second-order valence-electron chi connectivity index (χ2n) is 9.01. The van der Waals surface area contributed by atoms with Crippen LogP contribution < -0.4 is 4.90 Å². The van der Waals surface area contributed by atoms with Gasteiger partial charge in [0, 0.05) is 37.5 Å². The fourth-order valence-electron chi connectivity index (χ4n) is 5.01. The summed E-state index contributed by atoms with van der Waals surface area (Å²) in [5.41, 5.74) is 0.844. The number of carbonyl (C=O) groups is 3. The van der Waals surface area contributed by atoms with E-state index < -0.39 is 5.66 Å². The van der Waals surface area contributed by atoms with Gasteiger partial charge in [0.15, 0.2) is 0 Å². The molecule has 5 rings (SSSR count). The van der Waals surface area contributed by atoms with Gasteiger partial charge in [-0.2, -0.15) is 0 Å². The Morgan fingerprint density at radius 3 is 2.59 bits per heavy atom. The number of para-hydroxylation sites is 1. The Morgan fingerprint density at radius 1 is 1.12 bits per heavy atom. The van der Waals surface area contributed by atoms with Crippen molar-refractivity contribution in [3.05, 3.63) is 65.5 Å². The van der Waals surface area contributed by atoms with E-state index in [4.69, 9.17) is 0 Å². The second kappa shape index (κ2) is 7.73. The van der Waals surface area contributed by atoms with Crippen molar-refractivity contribution in [3.8, 4) is 0 Å². The summed E-state index contributed by atoms with van der Waals surface area (Å²) in [6, 6.07) is 13.8. The number of rotatable bonds is 6. The smallest absolute Gasteiger partial charge is 0.257 e. The Bertz CT molecular complexity index is 1100. The Labute approximate surface area is 186 Å². The molecule has 1 aliphatic carbocycles. The van der Waals surface area contributed by atoms with Crippen LogP contribution in [-0.4, -0.2) is 45.8 Å². The van der Waals surface area contributed by atoms with Crippen LogP contribution in [0.3, 0.4) is 0 Å². The van der Waals surface area contributed by atoms with Crippen LogP contribution in [-0.2, 0) is 16.1 Å². The van der Waals surface area contributed by atoms with E-state index in [0.717, 1.165) is 12.8 Å². The molecule has 1 saturated heterocycles. The van der Waals surface area contributed by atoms with Crippen molar-refractivity contribution in [2.75, 3.05) is 11.4 Å². The molecule has 6 nitrogen and oxygen atoms in total. The molecule has 0 aromatic heterocycles. The molecular formula is C25H26FN3O3. The van der Waals surface area contributed by atoms with Crippen LogP contribution in [0.2, 0.25) is 0 Å². The molecule has 1 saturated carbocycles. The standard InChI is InChI=1S/C25H26FN3O3/c1-25-14-12-23(31)29(25)21-9-5-3-7-19(21)24(32)28(25)15-13-22(30)27(18-10-11-18)16-17-6-2-4-8-20(17)26/h2-9,18H,10-16H2,1H3/t25-/m0/s1. The van der Waals surface area contributed by atoms with E-state index in [1.807, 2.05) is 13.0 Å². The maximum Gasteiger partial charge on any atom is 0.257 e. The normalized spacial score (nSPS) is 22.1. The Balaban J connectivity index is 1.36. The quantitative estimate of drug-likeness (QED) is 0.695. The molecule has 2 aromatic rings. The Hall–Kier alpha value is -3.22. The summed E-state index contributed by atoms with van der Waals surface area (Å²) in [7, 11) is 0. The van der Waals surface area contributed by atoms with Gasteiger partial charge in [-0.1, -0.05) is 30.3 Å². The van der Waals surface area contributed by atoms with Crippen LogP contribution in [0.4, 0.5) is 10.1 Å². The zero-order valence-electron chi connectivity index (χ0n) is 18.1. The second-order valence-corrected chi connectivity index (χ2v) is 9.01. The highest BCUT2D eigenvalue weighted by Crippen LogP contribution is 2.44. The first-order chi connectivity index (χ1) is 15.4. The van der Waals surface area contributed by atoms with Gasteiger partial charge in [-0.25, -0.2) is 4.39 Å². The van der Waals surface area contributed by atoms with Gasteiger partial charge in [0.05, 0.1) is 11.3 Å². The van der Waals surface area contributed by atoms with Crippen molar-refractivity contribution in [1.29, 1.82) is 0 Å². The summed E-state index contributed by atoms with van der Waals surface area (Å²) in [6.45, 7) is 2.34. The molecule has 0 radical (unpaired) electrons. The Kier molecular flexibility index (Phi) is 4.99. The molecule has 2 aliphatic heterocycles. The molecule has 3 aliphatic rings. The number of benzene rings is 2. The van der Waals surface area contributed by atoms with Crippen LogP contribution in [0.25, 0.3) is 0 Å². The average molecular weight is 435 g/mol. The first-order valence-electron chi connectivity index (χ1n) is 11.2. The molecule has 3 amide bonds. The largest absolute Gasteiger partial charge is 0.335 e. The number of nitrogens with zero attached hydrogens (tertiary/aromatic N) is 3. The predicted octanol–water partition coefficient (Wildman–Crippen LogP) is 3.71. The van der Waals surface area contributed by atoms with Gasteiger partial charge in [0.2, 0.25) is 11.8 Å². The van der Waals surface area contributed by atoms with E-state index in [0.29, 0.717) is 29.7 Å². The van der Waals surface area contributed by atoms with Crippen LogP contribution >= 0.6 is 0 Å². The molecule has 0 unspecified atom stereocenters. The zero-order valence-corrected chi connectivity index (χ0v) is 18.1. The molecule has 2 aromatic carbocycles. The van der Waals surface area contributed by atoms with Gasteiger partial charge >= 0.3 is 0 Å². The maximum absolute atomic E-state index is 14.2. The lowest BCUT2D eigenvalue weighted by Gasteiger charge is -2.48. The minimum absolute atomic E-state index is 0.0112. The topological polar surface area (TPSA) is 60.9 Å². The molecule has 0 spiro atoms. The van der Waals surface area contributed by atoms with Crippen molar-refractivity contribution in [2.45, 2.75) is 57.3 Å². The fraction of sp³-hybridized carbons (Fsp3) is 0.400. The fourth-order valence-corrected chi connectivity index (χ4v) is 5.01. The van der Waals surface area contributed by atoms with E-state index in [-0.39, 0.29) is 49.1 Å². The van der Waals surface area contributed by atoms with Crippen molar-refractivity contribution < 1.29 is 18.8 Å². The van der Waals surface area contributed by atoms with E-state index in [2.05, 4.69) is 0 Å². The van der Waals surface area contributed by atoms with Crippen molar-refractivity contribution in [2.24, 2.45) is 0 Å². The minimum Gasteiger partial charge on any atom is -0.335 e. The van der Waals surface area contributed by atoms with E-state index in [1.54, 1.807) is 51.1 Å². The van der Waals surface area contributed by atoms with Crippen molar-refractivity contribution >= 4 is 23.4 Å². The van der Waals surface area contributed by atoms with E-state index in [1.165, 1.54) is 6.07 Å². The van der Waals surface area contributed by atoms with E-state index >= 15 is 0 Å². The van der Waals surface area contributed by atoms with Gasteiger partial charge in [0.25, 0.3) is 5.91 Å². The third kappa shape index (κ3) is 3.36. The molecule has 0 N–H and O–H groups in total. The molecular weight excluding hydrogens is 409 g/mol. The van der Waals surface area contributed by atoms with Gasteiger partial charge in [-0.15, -0.1) is 0 Å². The molecule has 2 heterocycles. The molecule has 32 heavy (non-hydrogen) atoms. The number of hydrogen-bond donors (Lipinski definition) is 0. The summed E-state index contributed by atoms with van der Waals surface area (Å²) in [4.78, 5) is 44.3. The monoisotopic (exact) mass is 435 g/mol. The lowest BCUT2D eigenvalue weighted by molar-refractivity contribution is -0.132. The zero-order chi connectivity index (χ0) is 22.5. The van der Waals surface area contributed by atoms with Crippen molar-refractivity contribution in [1.82, 2.24) is 9.80 Å². The Morgan fingerprint density at radius 2 is 1.84 bits per heavy atom. The molecule has 1 atom stereocenters. The third-order valence-electron chi connectivity index (χ3n) is 6.90. The summed E-state index contributed by atoms with van der Waals surface area (Å²) < 4.78 is 14.2. The lowest BCUT2D eigenvalue weighted by Crippen LogP contribution is -2.62. The highest BCUT2D eigenvalue weighted by Gasteiger charge is 2.53.